The zero-order chi connectivity index (χ0) is 19.3. The van der Waals surface area contributed by atoms with Crippen LogP contribution in [0.1, 0.15) is 31.7 Å². The van der Waals surface area contributed by atoms with E-state index in [2.05, 4.69) is 33.6 Å². The number of aliphatic imine (C=N–C) groups is 1. The van der Waals surface area contributed by atoms with Crippen LogP contribution in [0.5, 0.6) is 0 Å². The number of guanidine groups is 1. The van der Waals surface area contributed by atoms with Crippen LogP contribution in [0, 0.1) is 5.92 Å². The van der Waals surface area contributed by atoms with E-state index in [0.29, 0.717) is 12.5 Å². The van der Waals surface area contributed by atoms with Crippen molar-refractivity contribution in [1.29, 1.82) is 0 Å². The topological polar surface area (TPSA) is 71.0 Å². The predicted molar refractivity (Wildman–Crippen MR) is 126 cm³/mol. The van der Waals surface area contributed by atoms with Crippen molar-refractivity contribution in [3.63, 3.8) is 0 Å². The van der Waals surface area contributed by atoms with Gasteiger partial charge in [0.05, 0.1) is 6.54 Å². The van der Waals surface area contributed by atoms with Crippen LogP contribution in [0.3, 0.4) is 0 Å². The van der Waals surface area contributed by atoms with Gasteiger partial charge in [0.2, 0.25) is 0 Å². The Hall–Kier alpha value is -1.13. The second kappa shape index (κ2) is 14.8. The number of hydrogen-bond acceptors (Lipinski definition) is 5. The first-order valence-corrected chi connectivity index (χ1v) is 9.99. The Morgan fingerprint density at radius 1 is 1.32 bits per heavy atom. The molecule has 0 spiro atoms. The van der Waals surface area contributed by atoms with Crippen LogP contribution >= 0.6 is 24.0 Å². The third kappa shape index (κ3) is 9.88. The Morgan fingerprint density at radius 3 is 2.82 bits per heavy atom. The van der Waals surface area contributed by atoms with E-state index in [9.17, 15) is 0 Å². The van der Waals surface area contributed by atoms with E-state index >= 15 is 0 Å². The van der Waals surface area contributed by atoms with E-state index in [0.717, 1.165) is 76.1 Å². The van der Waals surface area contributed by atoms with Gasteiger partial charge in [0.1, 0.15) is 5.82 Å². The molecule has 0 aromatic carbocycles. The highest BCUT2D eigenvalue weighted by Crippen LogP contribution is 2.14. The van der Waals surface area contributed by atoms with E-state index in [1.165, 1.54) is 0 Å². The molecular formula is C20H36IN5O2. The molecule has 1 aromatic heterocycles. The van der Waals surface area contributed by atoms with Crippen molar-refractivity contribution in [3.8, 4) is 0 Å². The van der Waals surface area contributed by atoms with Crippen molar-refractivity contribution in [2.45, 2.75) is 32.7 Å². The van der Waals surface area contributed by atoms with Crippen molar-refractivity contribution >= 4 is 35.8 Å². The molecule has 0 bridgehead atoms. The largest absolute Gasteiger partial charge is 0.381 e. The minimum atomic E-state index is 0. The van der Waals surface area contributed by atoms with Gasteiger partial charge in [-0.25, -0.2) is 9.98 Å². The van der Waals surface area contributed by atoms with Crippen LogP contribution in [0.15, 0.2) is 23.3 Å². The highest BCUT2D eigenvalue weighted by atomic mass is 127. The van der Waals surface area contributed by atoms with Crippen molar-refractivity contribution in [1.82, 2.24) is 15.6 Å². The molecule has 1 fully saturated rings. The quantitative estimate of drug-likeness (QED) is 0.221. The molecule has 2 rings (SSSR count). The van der Waals surface area contributed by atoms with E-state index in [-0.39, 0.29) is 24.0 Å². The van der Waals surface area contributed by atoms with Gasteiger partial charge in [-0.1, -0.05) is 0 Å². The smallest absolute Gasteiger partial charge is 0.191 e. The molecule has 0 unspecified atom stereocenters. The molecule has 8 heteroatoms. The summed E-state index contributed by atoms with van der Waals surface area (Å²) in [5, 5.41) is 6.67. The number of nitrogens with one attached hydrogen (secondary N) is 2. The van der Waals surface area contributed by atoms with Gasteiger partial charge < -0.3 is 25.0 Å². The van der Waals surface area contributed by atoms with Crippen molar-refractivity contribution in [3.05, 3.63) is 23.9 Å². The number of pyridine rings is 1. The minimum absolute atomic E-state index is 0. The number of anilines is 1. The Bertz CT molecular complexity index is 565. The fourth-order valence-corrected chi connectivity index (χ4v) is 2.86. The van der Waals surface area contributed by atoms with Gasteiger partial charge in [0, 0.05) is 59.8 Å². The second-order valence-corrected chi connectivity index (χ2v) is 7.02. The summed E-state index contributed by atoms with van der Waals surface area (Å²) in [6.45, 7) is 7.78. The summed E-state index contributed by atoms with van der Waals surface area (Å²) in [7, 11) is 3.98. The summed E-state index contributed by atoms with van der Waals surface area (Å²) >= 11 is 0. The van der Waals surface area contributed by atoms with E-state index < -0.39 is 0 Å². The summed E-state index contributed by atoms with van der Waals surface area (Å²) in [6.07, 6.45) is 5.05. The number of ether oxygens (including phenoxy) is 2. The second-order valence-electron chi connectivity index (χ2n) is 7.02. The molecule has 1 aliphatic rings. The standard InChI is InChI=1S/C20H35N5O2.HI/c1-4-21-20(24-15-18-6-10-22-19(14-18)25(2)3)23-9-5-11-27-16-17-7-12-26-13-8-17;/h6,10,14,17H,4-5,7-9,11-13,15-16H2,1-3H3,(H2,21,23,24);1H. The average molecular weight is 505 g/mol. The Balaban J connectivity index is 0.00000392. The number of rotatable bonds is 10. The first-order valence-electron chi connectivity index (χ1n) is 9.99. The highest BCUT2D eigenvalue weighted by molar-refractivity contribution is 14.0. The van der Waals surface area contributed by atoms with Crippen LogP contribution in [0.25, 0.3) is 0 Å². The molecule has 0 aliphatic carbocycles. The number of aromatic nitrogens is 1. The highest BCUT2D eigenvalue weighted by Gasteiger charge is 2.13. The van der Waals surface area contributed by atoms with Crippen LogP contribution in [0.4, 0.5) is 5.82 Å². The maximum atomic E-state index is 5.81. The van der Waals surface area contributed by atoms with Crippen LogP contribution in [-0.4, -0.2) is 64.6 Å². The maximum absolute atomic E-state index is 5.81. The molecule has 28 heavy (non-hydrogen) atoms. The molecule has 1 aliphatic heterocycles. The molecule has 0 saturated carbocycles. The lowest BCUT2D eigenvalue weighted by atomic mass is 10.0. The van der Waals surface area contributed by atoms with Crippen molar-refractivity contribution < 1.29 is 9.47 Å². The van der Waals surface area contributed by atoms with Gasteiger partial charge in [-0.15, -0.1) is 24.0 Å². The van der Waals surface area contributed by atoms with Crippen molar-refractivity contribution in [2.24, 2.45) is 10.9 Å². The zero-order valence-electron chi connectivity index (χ0n) is 17.4. The fourth-order valence-electron chi connectivity index (χ4n) is 2.86. The monoisotopic (exact) mass is 505 g/mol. The molecular weight excluding hydrogens is 469 g/mol. The lowest BCUT2D eigenvalue weighted by Gasteiger charge is -2.21. The molecule has 1 aromatic rings. The number of hydrogen-bond donors (Lipinski definition) is 2. The Labute approximate surface area is 186 Å². The minimum Gasteiger partial charge on any atom is -0.381 e. The summed E-state index contributed by atoms with van der Waals surface area (Å²) in [5.74, 6) is 2.45. The van der Waals surface area contributed by atoms with Crippen LogP contribution in [-0.2, 0) is 16.0 Å². The molecule has 160 valence electrons. The van der Waals surface area contributed by atoms with E-state index in [4.69, 9.17) is 9.47 Å². The SMILES string of the molecule is CCNC(=NCc1ccnc(N(C)C)c1)NCCCOCC1CCOCC1.I. The molecule has 1 saturated heterocycles. The van der Waals surface area contributed by atoms with Crippen LogP contribution in [0.2, 0.25) is 0 Å². The lowest BCUT2D eigenvalue weighted by Crippen LogP contribution is -2.38. The summed E-state index contributed by atoms with van der Waals surface area (Å²) in [6, 6.07) is 4.07. The van der Waals surface area contributed by atoms with Gasteiger partial charge in [-0.2, -0.15) is 0 Å². The van der Waals surface area contributed by atoms with Gasteiger partial charge in [0.25, 0.3) is 0 Å². The maximum Gasteiger partial charge on any atom is 0.191 e. The third-order valence-corrected chi connectivity index (χ3v) is 4.48. The molecule has 2 heterocycles. The first-order chi connectivity index (χ1) is 13.2. The number of nitrogens with zero attached hydrogens (tertiary/aromatic N) is 3. The first kappa shape index (κ1) is 24.9. The zero-order valence-corrected chi connectivity index (χ0v) is 19.8. The lowest BCUT2D eigenvalue weighted by molar-refractivity contribution is 0.0203. The molecule has 0 radical (unpaired) electrons. The normalized spacial score (nSPS) is 15.0. The van der Waals surface area contributed by atoms with Crippen LogP contribution < -0.4 is 15.5 Å². The van der Waals surface area contributed by atoms with Gasteiger partial charge in [0.15, 0.2) is 5.96 Å². The predicted octanol–water partition coefficient (Wildman–Crippen LogP) is 2.65. The summed E-state index contributed by atoms with van der Waals surface area (Å²) in [5.41, 5.74) is 1.14. The molecule has 0 atom stereocenters. The molecule has 0 amide bonds. The summed E-state index contributed by atoms with van der Waals surface area (Å²) < 4.78 is 11.2. The number of halogens is 1. The fraction of sp³-hybridized carbons (Fsp3) is 0.700. The molecule has 2 N–H and O–H groups in total. The average Bonchev–Trinajstić information content (AvgIpc) is 2.69. The Kier molecular flexibility index (Phi) is 13.2. The van der Waals surface area contributed by atoms with Crippen molar-refractivity contribution in [2.75, 3.05) is 58.5 Å². The van der Waals surface area contributed by atoms with Gasteiger partial charge in [-0.05, 0) is 49.8 Å². The van der Waals surface area contributed by atoms with E-state index in [1.54, 1.807) is 0 Å². The Morgan fingerprint density at radius 2 is 2.11 bits per heavy atom. The third-order valence-electron chi connectivity index (χ3n) is 4.48. The molecule has 7 nitrogen and oxygen atoms in total. The van der Waals surface area contributed by atoms with Gasteiger partial charge in [-0.3, -0.25) is 0 Å². The van der Waals surface area contributed by atoms with E-state index in [1.807, 2.05) is 31.3 Å². The van der Waals surface area contributed by atoms with Gasteiger partial charge >= 0.3 is 0 Å². The summed E-state index contributed by atoms with van der Waals surface area (Å²) in [4.78, 5) is 11.0.